The number of rotatable bonds is 5. The van der Waals surface area contributed by atoms with Crippen LogP contribution in [0.2, 0.25) is 0 Å². The normalized spacial score (nSPS) is 24.6. The SMILES string of the molecule is CCC1CCC(C(Cc2cccc(F)c2Br)NC)CC1. The summed E-state index contributed by atoms with van der Waals surface area (Å²) in [6, 6.07) is 5.78. The number of nitrogens with one attached hydrogen (secondary N) is 1. The largest absolute Gasteiger partial charge is 0.316 e. The van der Waals surface area contributed by atoms with Gasteiger partial charge in [-0.3, -0.25) is 0 Å². The second kappa shape index (κ2) is 7.56. The monoisotopic (exact) mass is 341 g/mol. The van der Waals surface area contributed by atoms with Crippen molar-refractivity contribution >= 4 is 15.9 Å². The molecule has 3 heteroatoms. The summed E-state index contributed by atoms with van der Waals surface area (Å²) in [5.41, 5.74) is 1.07. The molecule has 1 nitrogen and oxygen atoms in total. The molecule has 1 saturated carbocycles. The number of hydrogen-bond acceptors (Lipinski definition) is 1. The van der Waals surface area contributed by atoms with Crippen LogP contribution in [0, 0.1) is 17.7 Å². The maximum atomic E-state index is 13.6. The first-order valence-electron chi connectivity index (χ1n) is 7.75. The highest BCUT2D eigenvalue weighted by molar-refractivity contribution is 9.10. The molecule has 1 aliphatic rings. The molecular weight excluding hydrogens is 317 g/mol. The van der Waals surface area contributed by atoms with E-state index in [-0.39, 0.29) is 5.82 Å². The van der Waals surface area contributed by atoms with Gasteiger partial charge in [0.15, 0.2) is 0 Å². The van der Waals surface area contributed by atoms with Crippen LogP contribution >= 0.6 is 15.9 Å². The van der Waals surface area contributed by atoms with Crippen LogP contribution in [0.5, 0.6) is 0 Å². The van der Waals surface area contributed by atoms with Gasteiger partial charge in [0.05, 0.1) is 4.47 Å². The summed E-state index contributed by atoms with van der Waals surface area (Å²) >= 11 is 3.38. The van der Waals surface area contributed by atoms with E-state index in [0.717, 1.165) is 23.8 Å². The van der Waals surface area contributed by atoms with E-state index in [9.17, 15) is 4.39 Å². The van der Waals surface area contributed by atoms with Gasteiger partial charge in [-0.05, 0) is 65.7 Å². The van der Waals surface area contributed by atoms with E-state index >= 15 is 0 Å². The third-order valence-electron chi connectivity index (χ3n) is 4.88. The van der Waals surface area contributed by atoms with Crippen LogP contribution in [0.25, 0.3) is 0 Å². The smallest absolute Gasteiger partial charge is 0.137 e. The number of hydrogen-bond donors (Lipinski definition) is 1. The Morgan fingerprint density at radius 1 is 1.30 bits per heavy atom. The van der Waals surface area contributed by atoms with E-state index in [1.54, 1.807) is 6.07 Å². The summed E-state index contributed by atoms with van der Waals surface area (Å²) in [6.07, 6.45) is 7.52. The molecule has 0 saturated heterocycles. The van der Waals surface area contributed by atoms with Crippen molar-refractivity contribution < 1.29 is 4.39 Å². The van der Waals surface area contributed by atoms with Crippen molar-refractivity contribution in [2.75, 3.05) is 7.05 Å². The molecule has 112 valence electrons. The number of likely N-dealkylation sites (N-methyl/N-ethyl adjacent to an activating group) is 1. The molecule has 1 aromatic carbocycles. The Morgan fingerprint density at radius 3 is 2.60 bits per heavy atom. The topological polar surface area (TPSA) is 12.0 Å². The minimum Gasteiger partial charge on any atom is -0.316 e. The van der Waals surface area contributed by atoms with Gasteiger partial charge >= 0.3 is 0 Å². The lowest BCUT2D eigenvalue weighted by molar-refractivity contribution is 0.222. The van der Waals surface area contributed by atoms with E-state index in [4.69, 9.17) is 0 Å². The number of halogens is 2. The number of benzene rings is 1. The molecular formula is C17H25BrFN. The summed E-state index contributed by atoms with van der Waals surface area (Å²) in [5, 5.41) is 3.46. The van der Waals surface area contributed by atoms with E-state index < -0.39 is 0 Å². The van der Waals surface area contributed by atoms with Gasteiger partial charge in [-0.1, -0.05) is 38.3 Å². The fourth-order valence-corrected chi connectivity index (χ4v) is 3.87. The molecule has 1 aliphatic carbocycles. The zero-order valence-corrected chi connectivity index (χ0v) is 14.0. The van der Waals surface area contributed by atoms with E-state index in [1.165, 1.54) is 38.2 Å². The van der Waals surface area contributed by atoms with Crippen molar-refractivity contribution in [3.8, 4) is 0 Å². The lowest BCUT2D eigenvalue weighted by atomic mass is 9.76. The van der Waals surface area contributed by atoms with Crippen molar-refractivity contribution in [2.45, 2.75) is 51.5 Å². The maximum absolute atomic E-state index is 13.6. The highest BCUT2D eigenvalue weighted by atomic mass is 79.9. The molecule has 1 atom stereocenters. The fraction of sp³-hybridized carbons (Fsp3) is 0.647. The quantitative estimate of drug-likeness (QED) is 0.800. The predicted octanol–water partition coefficient (Wildman–Crippen LogP) is 4.94. The Morgan fingerprint density at radius 2 is 2.00 bits per heavy atom. The van der Waals surface area contributed by atoms with Gasteiger partial charge in [0.25, 0.3) is 0 Å². The molecule has 0 aliphatic heterocycles. The van der Waals surface area contributed by atoms with E-state index in [0.29, 0.717) is 10.5 Å². The second-order valence-electron chi connectivity index (χ2n) is 6.00. The van der Waals surface area contributed by atoms with Gasteiger partial charge in [0, 0.05) is 6.04 Å². The Hall–Kier alpha value is -0.410. The Kier molecular flexibility index (Phi) is 6.03. The highest BCUT2D eigenvalue weighted by Crippen LogP contribution is 2.34. The van der Waals surface area contributed by atoms with Crippen LogP contribution in [-0.2, 0) is 6.42 Å². The standard InChI is InChI=1S/C17H25BrFN/c1-3-12-7-9-13(10-8-12)16(20-2)11-14-5-4-6-15(19)17(14)18/h4-6,12-13,16,20H,3,7-11H2,1-2H3. The molecule has 0 spiro atoms. The Labute approximate surface area is 130 Å². The molecule has 0 aromatic heterocycles. The molecule has 1 aromatic rings. The van der Waals surface area contributed by atoms with Crippen LogP contribution in [-0.4, -0.2) is 13.1 Å². The van der Waals surface area contributed by atoms with Crippen molar-refractivity contribution in [2.24, 2.45) is 11.8 Å². The van der Waals surface area contributed by atoms with Gasteiger partial charge < -0.3 is 5.32 Å². The van der Waals surface area contributed by atoms with Gasteiger partial charge in [-0.2, -0.15) is 0 Å². The minimum absolute atomic E-state index is 0.160. The molecule has 0 heterocycles. The van der Waals surface area contributed by atoms with E-state index in [1.807, 2.05) is 13.1 Å². The summed E-state index contributed by atoms with van der Waals surface area (Å²) in [7, 11) is 2.03. The lowest BCUT2D eigenvalue weighted by Crippen LogP contribution is -2.37. The molecule has 0 bridgehead atoms. The molecule has 0 radical (unpaired) electrons. The zero-order valence-electron chi connectivity index (χ0n) is 12.5. The van der Waals surface area contributed by atoms with Gasteiger partial charge in [0.1, 0.15) is 5.82 Å². The van der Waals surface area contributed by atoms with Gasteiger partial charge in [-0.15, -0.1) is 0 Å². The summed E-state index contributed by atoms with van der Waals surface area (Å²) < 4.78 is 14.2. The average molecular weight is 342 g/mol. The Balaban J connectivity index is 2.00. The average Bonchev–Trinajstić information content (AvgIpc) is 2.49. The van der Waals surface area contributed by atoms with Crippen LogP contribution in [0.15, 0.2) is 22.7 Å². The van der Waals surface area contributed by atoms with Crippen LogP contribution < -0.4 is 5.32 Å². The zero-order chi connectivity index (χ0) is 14.5. The maximum Gasteiger partial charge on any atom is 0.137 e. The predicted molar refractivity (Wildman–Crippen MR) is 86.4 cm³/mol. The third kappa shape index (κ3) is 3.82. The minimum atomic E-state index is -0.160. The Bertz CT molecular complexity index is 427. The molecule has 2 rings (SSSR count). The first-order chi connectivity index (χ1) is 9.65. The van der Waals surface area contributed by atoms with Gasteiger partial charge in [-0.25, -0.2) is 4.39 Å². The van der Waals surface area contributed by atoms with E-state index in [2.05, 4.69) is 28.2 Å². The van der Waals surface area contributed by atoms with Gasteiger partial charge in [0.2, 0.25) is 0 Å². The first-order valence-corrected chi connectivity index (χ1v) is 8.55. The molecule has 1 N–H and O–H groups in total. The van der Waals surface area contributed by atoms with Crippen molar-refractivity contribution in [3.63, 3.8) is 0 Å². The molecule has 1 fully saturated rings. The lowest BCUT2D eigenvalue weighted by Gasteiger charge is -2.33. The fourth-order valence-electron chi connectivity index (χ4n) is 3.45. The summed E-state index contributed by atoms with van der Waals surface area (Å²) in [5.74, 6) is 1.48. The van der Waals surface area contributed by atoms with Crippen molar-refractivity contribution in [1.82, 2.24) is 5.32 Å². The first kappa shape index (κ1) is 16.0. The van der Waals surface area contributed by atoms with Crippen LogP contribution in [0.3, 0.4) is 0 Å². The molecule has 1 unspecified atom stereocenters. The molecule has 20 heavy (non-hydrogen) atoms. The third-order valence-corrected chi connectivity index (χ3v) is 5.77. The van der Waals surface area contributed by atoms with Crippen molar-refractivity contribution in [3.05, 3.63) is 34.1 Å². The van der Waals surface area contributed by atoms with Crippen molar-refractivity contribution in [1.29, 1.82) is 0 Å². The summed E-state index contributed by atoms with van der Waals surface area (Å²) in [6.45, 7) is 2.30. The molecule has 0 amide bonds. The second-order valence-corrected chi connectivity index (χ2v) is 6.79. The highest BCUT2D eigenvalue weighted by Gasteiger charge is 2.26. The van der Waals surface area contributed by atoms with Crippen LogP contribution in [0.1, 0.15) is 44.6 Å². The van der Waals surface area contributed by atoms with Crippen LogP contribution in [0.4, 0.5) is 4.39 Å². The summed E-state index contributed by atoms with van der Waals surface area (Å²) in [4.78, 5) is 0.